The van der Waals surface area contributed by atoms with Crippen LogP contribution in [0.2, 0.25) is 0 Å². The van der Waals surface area contributed by atoms with Crippen LogP contribution in [0.15, 0.2) is 0 Å². The van der Waals surface area contributed by atoms with Crippen molar-refractivity contribution in [3.8, 4) is 6.07 Å². The lowest BCUT2D eigenvalue weighted by Crippen LogP contribution is -1.96. The van der Waals surface area contributed by atoms with E-state index in [2.05, 4.69) is 0 Å². The molecule has 0 spiro atoms. The van der Waals surface area contributed by atoms with Crippen molar-refractivity contribution in [1.29, 1.82) is 5.26 Å². The second-order valence-electron chi connectivity index (χ2n) is 1.40. The second kappa shape index (κ2) is 5.45. The molecule has 0 aliphatic heterocycles. The zero-order valence-corrected chi connectivity index (χ0v) is 4.35. The summed E-state index contributed by atoms with van der Waals surface area (Å²) in [6.07, 6.45) is 2.58. The van der Waals surface area contributed by atoms with Crippen LogP contribution in [0.5, 0.6) is 0 Å². The fourth-order valence-electron chi connectivity index (χ4n) is 0.348. The molecule has 0 atom stereocenters. The molecular weight excluding hydrogens is 88.1 g/mol. The Kier molecular flexibility index (Phi) is 5.02. The van der Waals surface area contributed by atoms with Gasteiger partial charge in [0.2, 0.25) is 0 Å². The molecule has 2 heteroatoms. The molecule has 0 aromatic carbocycles. The molecule has 0 rings (SSSR count). The number of nitrogens with two attached hydrogens (primary N) is 1. The third-order valence-electron chi connectivity index (χ3n) is 0.743. The lowest BCUT2D eigenvalue weighted by atomic mass is 10.2. The van der Waals surface area contributed by atoms with E-state index in [1.165, 1.54) is 0 Å². The highest BCUT2D eigenvalue weighted by atomic mass is 14.5. The summed E-state index contributed by atoms with van der Waals surface area (Å²) in [5.74, 6) is 0. The normalized spacial score (nSPS) is 8.00. The van der Waals surface area contributed by atoms with E-state index in [4.69, 9.17) is 11.0 Å². The van der Waals surface area contributed by atoms with Gasteiger partial charge in [-0.3, -0.25) is 0 Å². The van der Waals surface area contributed by atoms with Crippen LogP contribution in [0.1, 0.15) is 19.3 Å². The largest absolute Gasteiger partial charge is 0.330 e. The molecule has 0 aromatic rings. The van der Waals surface area contributed by atoms with Crippen LogP contribution in [0, 0.1) is 11.3 Å². The van der Waals surface area contributed by atoms with Gasteiger partial charge in [0.25, 0.3) is 0 Å². The maximum absolute atomic E-state index is 8.00. The van der Waals surface area contributed by atoms with Gasteiger partial charge < -0.3 is 5.73 Å². The molecule has 0 aliphatic carbocycles. The first-order chi connectivity index (χ1) is 3.41. The van der Waals surface area contributed by atoms with Gasteiger partial charge in [0, 0.05) is 6.42 Å². The van der Waals surface area contributed by atoms with E-state index in [9.17, 15) is 0 Å². The van der Waals surface area contributed by atoms with Crippen molar-refractivity contribution >= 4 is 0 Å². The van der Waals surface area contributed by atoms with Gasteiger partial charge in [-0.2, -0.15) is 5.26 Å². The summed E-state index contributed by atoms with van der Waals surface area (Å²) in [6, 6.07) is 2.05. The van der Waals surface area contributed by atoms with Crippen LogP contribution in [-0.4, -0.2) is 6.54 Å². The summed E-state index contributed by atoms with van der Waals surface area (Å²) in [4.78, 5) is 0. The van der Waals surface area contributed by atoms with Gasteiger partial charge >= 0.3 is 0 Å². The number of unbranched alkanes of at least 4 members (excludes halogenated alkanes) is 2. The molecule has 0 unspecified atom stereocenters. The topological polar surface area (TPSA) is 49.8 Å². The summed E-state index contributed by atoms with van der Waals surface area (Å²) in [7, 11) is 0. The van der Waals surface area contributed by atoms with Crippen LogP contribution in [-0.2, 0) is 0 Å². The first kappa shape index (κ1) is 6.45. The predicted octanol–water partition coefficient (Wildman–Crippen LogP) is 0.639. The average molecular weight is 98.1 g/mol. The Morgan fingerprint density at radius 1 is 1.43 bits per heavy atom. The fourth-order valence-corrected chi connectivity index (χ4v) is 0.348. The first-order valence-electron chi connectivity index (χ1n) is 2.49. The van der Waals surface area contributed by atoms with E-state index in [-0.39, 0.29) is 0 Å². The lowest BCUT2D eigenvalue weighted by Gasteiger charge is -1.85. The highest BCUT2D eigenvalue weighted by Gasteiger charge is 1.79. The highest BCUT2D eigenvalue weighted by Crippen LogP contribution is 1.88. The standard InChI is InChI=1S/C5H10N2/c6-4-2-1-3-5-7/h1-4,6H2. The SMILES string of the molecule is N#CCCCCN. The minimum Gasteiger partial charge on any atom is -0.330 e. The van der Waals surface area contributed by atoms with E-state index in [0.29, 0.717) is 13.0 Å². The third kappa shape index (κ3) is 5.45. The number of nitriles is 1. The minimum atomic E-state index is 0.650. The van der Waals surface area contributed by atoms with Crippen molar-refractivity contribution in [2.45, 2.75) is 19.3 Å². The lowest BCUT2D eigenvalue weighted by molar-refractivity contribution is 0.764. The zero-order chi connectivity index (χ0) is 5.54. The molecule has 0 saturated carbocycles. The molecule has 2 nitrogen and oxygen atoms in total. The van der Waals surface area contributed by atoms with Crippen molar-refractivity contribution in [3.63, 3.8) is 0 Å². The summed E-state index contributed by atoms with van der Waals surface area (Å²) < 4.78 is 0. The molecule has 0 aliphatic rings. The molecule has 40 valence electrons. The van der Waals surface area contributed by atoms with E-state index in [0.717, 1.165) is 12.8 Å². The van der Waals surface area contributed by atoms with Crippen LogP contribution in [0.25, 0.3) is 0 Å². The smallest absolute Gasteiger partial charge is 0.0621 e. The Morgan fingerprint density at radius 3 is 2.57 bits per heavy atom. The third-order valence-corrected chi connectivity index (χ3v) is 0.743. The van der Waals surface area contributed by atoms with E-state index in [1.54, 1.807) is 0 Å². The molecule has 0 heterocycles. The molecule has 0 amide bonds. The van der Waals surface area contributed by atoms with E-state index in [1.807, 2.05) is 6.07 Å². The van der Waals surface area contributed by atoms with Crippen molar-refractivity contribution < 1.29 is 0 Å². The van der Waals surface area contributed by atoms with Crippen molar-refractivity contribution in [1.82, 2.24) is 0 Å². The maximum Gasteiger partial charge on any atom is 0.0621 e. The fraction of sp³-hybridized carbons (Fsp3) is 0.800. The van der Waals surface area contributed by atoms with Gasteiger partial charge in [0.05, 0.1) is 6.07 Å². The molecule has 0 radical (unpaired) electrons. The monoisotopic (exact) mass is 98.1 g/mol. The summed E-state index contributed by atoms with van der Waals surface area (Å²) >= 11 is 0. The van der Waals surface area contributed by atoms with Crippen LogP contribution in [0.3, 0.4) is 0 Å². The molecule has 7 heavy (non-hydrogen) atoms. The van der Waals surface area contributed by atoms with Gasteiger partial charge in [0.15, 0.2) is 0 Å². The van der Waals surface area contributed by atoms with Gasteiger partial charge in [-0.1, -0.05) is 0 Å². The Labute approximate surface area is 43.9 Å². The number of rotatable bonds is 3. The molecule has 2 N–H and O–H groups in total. The van der Waals surface area contributed by atoms with E-state index < -0.39 is 0 Å². The predicted molar refractivity (Wildman–Crippen MR) is 28.5 cm³/mol. The van der Waals surface area contributed by atoms with Gasteiger partial charge in [-0.05, 0) is 19.4 Å². The van der Waals surface area contributed by atoms with Crippen LogP contribution >= 0.6 is 0 Å². The molecule has 0 saturated heterocycles. The molecule has 0 aromatic heterocycles. The number of nitrogens with zero attached hydrogens (tertiary/aromatic N) is 1. The van der Waals surface area contributed by atoms with Crippen LogP contribution in [0.4, 0.5) is 0 Å². The number of hydrogen-bond acceptors (Lipinski definition) is 2. The molecule has 0 fully saturated rings. The van der Waals surface area contributed by atoms with Crippen molar-refractivity contribution in [2.75, 3.05) is 6.54 Å². The quantitative estimate of drug-likeness (QED) is 0.526. The van der Waals surface area contributed by atoms with E-state index >= 15 is 0 Å². The van der Waals surface area contributed by atoms with Crippen molar-refractivity contribution in [2.24, 2.45) is 5.73 Å². The van der Waals surface area contributed by atoms with Gasteiger partial charge in [0.1, 0.15) is 0 Å². The maximum atomic E-state index is 8.00. The summed E-state index contributed by atoms with van der Waals surface area (Å²) in [6.45, 7) is 0.710. The van der Waals surface area contributed by atoms with Gasteiger partial charge in [-0.15, -0.1) is 0 Å². The van der Waals surface area contributed by atoms with Gasteiger partial charge in [-0.25, -0.2) is 0 Å². The average Bonchev–Trinajstić information content (AvgIpc) is 1.69. The summed E-state index contributed by atoms with van der Waals surface area (Å²) in [5.41, 5.74) is 5.16. The first-order valence-corrected chi connectivity index (χ1v) is 2.49. The van der Waals surface area contributed by atoms with Crippen LogP contribution < -0.4 is 5.73 Å². The summed E-state index contributed by atoms with van der Waals surface area (Å²) in [5, 5.41) is 8.00. The second-order valence-corrected chi connectivity index (χ2v) is 1.40. The molecule has 0 bridgehead atoms. The Balaban J connectivity index is 2.60. The highest BCUT2D eigenvalue weighted by molar-refractivity contribution is 4.67. The zero-order valence-electron chi connectivity index (χ0n) is 4.35. The van der Waals surface area contributed by atoms with Crippen molar-refractivity contribution in [3.05, 3.63) is 0 Å². The Hall–Kier alpha value is -0.550. The Morgan fingerprint density at radius 2 is 2.14 bits per heavy atom. The minimum absolute atomic E-state index is 0.650. The number of hydrogen-bond donors (Lipinski definition) is 1. The Bertz CT molecular complexity index is 63.0. The molecular formula is C5H10N2.